The summed E-state index contributed by atoms with van der Waals surface area (Å²) in [5.74, 6) is 0.221. The number of hydrogen-bond acceptors (Lipinski definition) is 5. The lowest BCUT2D eigenvalue weighted by molar-refractivity contribution is -0.0509. The second-order valence-corrected chi connectivity index (χ2v) is 13.1. The van der Waals surface area contributed by atoms with Crippen molar-refractivity contribution in [1.29, 1.82) is 0 Å². The molecule has 200 valence electrons. The largest absolute Gasteiger partial charge is 0.383 e. The molecule has 2 aromatic rings. The molecule has 0 aromatic heterocycles. The van der Waals surface area contributed by atoms with Crippen LogP contribution in [0.15, 0.2) is 54.6 Å². The number of rotatable bonds is 6. The van der Waals surface area contributed by atoms with Gasteiger partial charge in [-0.05, 0) is 68.0 Å². The number of fused-ring (bicyclic) bond motifs is 1. The molecule has 2 aromatic carbocycles. The molecule has 37 heavy (non-hydrogen) atoms. The highest BCUT2D eigenvalue weighted by atomic mass is 32.2. The van der Waals surface area contributed by atoms with E-state index in [-0.39, 0.29) is 29.3 Å². The van der Waals surface area contributed by atoms with Gasteiger partial charge in [0.25, 0.3) is 0 Å². The first kappa shape index (κ1) is 26.6. The lowest BCUT2D eigenvalue weighted by atomic mass is 9.74. The molecule has 3 heterocycles. The maximum Gasteiger partial charge on any atom is 0.218 e. The molecule has 5 atom stereocenters. The molecule has 0 radical (unpaired) electrons. The zero-order valence-corrected chi connectivity index (χ0v) is 23.4. The van der Waals surface area contributed by atoms with Crippen LogP contribution in [0.3, 0.4) is 0 Å². The SMILES string of the molecule is COCC1C(c2ccc(-c3cccc(C)c3C)cc2)[C@@H]2CN(S(=O)(=O)C3CCCNC3C)C/C=C\CN12. The number of nitrogens with zero attached hydrogens (tertiary/aromatic N) is 2. The molecule has 5 rings (SSSR count). The number of sulfonamides is 1. The van der Waals surface area contributed by atoms with Gasteiger partial charge in [0.05, 0.1) is 11.9 Å². The maximum atomic E-state index is 13.8. The summed E-state index contributed by atoms with van der Waals surface area (Å²) in [6, 6.07) is 15.7. The van der Waals surface area contributed by atoms with Crippen LogP contribution in [0, 0.1) is 13.8 Å². The Morgan fingerprint density at radius 3 is 2.54 bits per heavy atom. The van der Waals surface area contributed by atoms with Gasteiger partial charge in [0.1, 0.15) is 0 Å². The van der Waals surface area contributed by atoms with Crippen molar-refractivity contribution in [3.05, 3.63) is 71.3 Å². The highest BCUT2D eigenvalue weighted by molar-refractivity contribution is 7.89. The molecular weight excluding hydrogens is 482 g/mol. The minimum Gasteiger partial charge on any atom is -0.383 e. The normalized spacial score (nSPS) is 30.1. The average molecular weight is 524 g/mol. The summed E-state index contributed by atoms with van der Waals surface area (Å²) >= 11 is 0. The van der Waals surface area contributed by atoms with Gasteiger partial charge < -0.3 is 10.1 Å². The summed E-state index contributed by atoms with van der Waals surface area (Å²) in [6.07, 6.45) is 5.77. The minimum atomic E-state index is -3.42. The lowest BCUT2D eigenvalue weighted by Gasteiger charge is -2.56. The Morgan fingerprint density at radius 2 is 1.81 bits per heavy atom. The average Bonchev–Trinajstić information content (AvgIpc) is 2.87. The molecule has 2 fully saturated rings. The first-order valence-electron chi connectivity index (χ1n) is 13.6. The van der Waals surface area contributed by atoms with Crippen LogP contribution in [0.2, 0.25) is 0 Å². The Kier molecular flexibility index (Phi) is 7.89. The highest BCUT2D eigenvalue weighted by Gasteiger charge is 2.51. The van der Waals surface area contributed by atoms with Crippen molar-refractivity contribution < 1.29 is 13.2 Å². The van der Waals surface area contributed by atoms with E-state index < -0.39 is 10.0 Å². The van der Waals surface area contributed by atoms with E-state index >= 15 is 0 Å². The summed E-state index contributed by atoms with van der Waals surface area (Å²) in [6.45, 7) is 9.64. The molecule has 0 bridgehead atoms. The number of benzene rings is 2. The predicted octanol–water partition coefficient (Wildman–Crippen LogP) is 4.10. The number of piperidine rings is 1. The van der Waals surface area contributed by atoms with Crippen molar-refractivity contribution in [1.82, 2.24) is 14.5 Å². The van der Waals surface area contributed by atoms with E-state index in [4.69, 9.17) is 4.74 Å². The van der Waals surface area contributed by atoms with E-state index in [1.165, 1.54) is 27.8 Å². The van der Waals surface area contributed by atoms with Crippen LogP contribution in [0.1, 0.15) is 42.4 Å². The topological polar surface area (TPSA) is 61.9 Å². The summed E-state index contributed by atoms with van der Waals surface area (Å²) in [7, 11) is -1.67. The third-order valence-electron chi connectivity index (χ3n) is 8.84. The number of methoxy groups -OCH3 is 1. The van der Waals surface area contributed by atoms with Gasteiger partial charge in [-0.1, -0.05) is 54.6 Å². The Bertz CT molecular complexity index is 1230. The van der Waals surface area contributed by atoms with Crippen LogP contribution in [0.4, 0.5) is 0 Å². The standard InChI is InChI=1S/C30H41N3O3S/c1-21-9-7-10-26(22(21)2)24-12-14-25(15-13-24)30-27-19-32(17-5-6-18-33(27)28(30)20-36-4)37(34,35)29-11-8-16-31-23(29)3/h5-7,9-10,12-15,23,27-31H,8,11,16-20H2,1-4H3/b6-5-/t23?,27-,28?,29?,30?/m0/s1. The third-order valence-corrected chi connectivity index (χ3v) is 11.3. The van der Waals surface area contributed by atoms with Crippen molar-refractivity contribution in [2.24, 2.45) is 0 Å². The van der Waals surface area contributed by atoms with Crippen molar-refractivity contribution in [3.63, 3.8) is 0 Å². The smallest absolute Gasteiger partial charge is 0.218 e. The fraction of sp³-hybridized carbons (Fsp3) is 0.533. The van der Waals surface area contributed by atoms with E-state index in [1.807, 2.05) is 13.0 Å². The van der Waals surface area contributed by atoms with Gasteiger partial charge in [-0.25, -0.2) is 8.42 Å². The van der Waals surface area contributed by atoms with Gasteiger partial charge in [0.15, 0.2) is 0 Å². The van der Waals surface area contributed by atoms with Crippen LogP contribution in [-0.4, -0.2) is 80.9 Å². The number of hydrogen-bond donors (Lipinski definition) is 1. The molecule has 0 saturated carbocycles. The molecular formula is C30H41N3O3S. The van der Waals surface area contributed by atoms with E-state index in [0.29, 0.717) is 19.7 Å². The van der Waals surface area contributed by atoms with Crippen molar-refractivity contribution >= 4 is 10.0 Å². The number of nitrogens with one attached hydrogen (secondary N) is 1. The molecule has 0 aliphatic carbocycles. The summed E-state index contributed by atoms with van der Waals surface area (Å²) < 4.78 is 35.0. The van der Waals surface area contributed by atoms with Crippen LogP contribution < -0.4 is 5.32 Å². The van der Waals surface area contributed by atoms with Crippen molar-refractivity contribution in [2.45, 2.75) is 62.9 Å². The highest BCUT2D eigenvalue weighted by Crippen LogP contribution is 2.43. The van der Waals surface area contributed by atoms with E-state index in [0.717, 1.165) is 25.9 Å². The Morgan fingerprint density at radius 1 is 1.05 bits per heavy atom. The maximum absolute atomic E-state index is 13.8. The molecule has 0 amide bonds. The van der Waals surface area contributed by atoms with Crippen molar-refractivity contribution in [3.8, 4) is 11.1 Å². The van der Waals surface area contributed by atoms with E-state index in [2.05, 4.69) is 72.6 Å². The molecule has 0 spiro atoms. The number of ether oxygens (including phenoxy) is 1. The first-order chi connectivity index (χ1) is 17.8. The van der Waals surface area contributed by atoms with Gasteiger partial charge in [-0.3, -0.25) is 4.90 Å². The second-order valence-electron chi connectivity index (χ2n) is 10.9. The summed E-state index contributed by atoms with van der Waals surface area (Å²) in [5, 5.41) is 3.01. The van der Waals surface area contributed by atoms with Crippen molar-refractivity contribution in [2.75, 3.05) is 39.9 Å². The van der Waals surface area contributed by atoms with Crippen LogP contribution >= 0.6 is 0 Å². The Hall–Kier alpha value is -2.03. The van der Waals surface area contributed by atoms with Gasteiger partial charge in [-0.15, -0.1) is 0 Å². The Labute approximate surface area is 222 Å². The molecule has 7 heteroatoms. The fourth-order valence-electron chi connectivity index (χ4n) is 6.56. The second kappa shape index (κ2) is 11.0. The molecule has 1 N–H and O–H groups in total. The lowest BCUT2D eigenvalue weighted by Crippen LogP contribution is -2.68. The molecule has 4 unspecified atom stereocenters. The molecule has 2 saturated heterocycles. The van der Waals surface area contributed by atoms with Gasteiger partial charge >= 0.3 is 0 Å². The monoisotopic (exact) mass is 523 g/mol. The zero-order chi connectivity index (χ0) is 26.2. The van der Waals surface area contributed by atoms with Crippen LogP contribution in [0.25, 0.3) is 11.1 Å². The van der Waals surface area contributed by atoms with E-state index in [9.17, 15) is 8.42 Å². The first-order valence-corrected chi connectivity index (χ1v) is 15.1. The molecule has 6 nitrogen and oxygen atoms in total. The number of aryl methyl sites for hydroxylation is 1. The molecule has 3 aliphatic rings. The fourth-order valence-corrected chi connectivity index (χ4v) is 8.67. The van der Waals surface area contributed by atoms with E-state index in [1.54, 1.807) is 11.4 Å². The summed E-state index contributed by atoms with van der Waals surface area (Å²) in [4.78, 5) is 2.42. The van der Waals surface area contributed by atoms with Gasteiger partial charge in [0.2, 0.25) is 10.0 Å². The van der Waals surface area contributed by atoms with Crippen LogP contribution in [-0.2, 0) is 14.8 Å². The quantitative estimate of drug-likeness (QED) is 0.578. The third kappa shape index (κ3) is 5.04. The van der Waals surface area contributed by atoms with Gasteiger partial charge in [0, 0.05) is 50.8 Å². The minimum absolute atomic E-state index is 0.0275. The van der Waals surface area contributed by atoms with Gasteiger partial charge in [-0.2, -0.15) is 4.31 Å². The molecule has 3 aliphatic heterocycles. The summed E-state index contributed by atoms with van der Waals surface area (Å²) in [5.41, 5.74) is 6.34. The predicted molar refractivity (Wildman–Crippen MR) is 150 cm³/mol. The Balaban J connectivity index is 1.43. The van der Waals surface area contributed by atoms with Crippen LogP contribution in [0.5, 0.6) is 0 Å². The zero-order valence-electron chi connectivity index (χ0n) is 22.6.